The van der Waals surface area contributed by atoms with Crippen LogP contribution in [0.3, 0.4) is 0 Å². The van der Waals surface area contributed by atoms with E-state index in [4.69, 9.17) is 15.2 Å². The van der Waals surface area contributed by atoms with Gasteiger partial charge in [0.25, 0.3) is 0 Å². The van der Waals surface area contributed by atoms with Crippen molar-refractivity contribution in [2.75, 3.05) is 31.2 Å². The van der Waals surface area contributed by atoms with Crippen LogP contribution in [0.1, 0.15) is 91.3 Å². The monoisotopic (exact) mass is 724 g/mol. The third kappa shape index (κ3) is 12.4. The molecular weight excluding hydrogens is 672 g/mol. The summed E-state index contributed by atoms with van der Waals surface area (Å²) in [5.41, 5.74) is 11.3. The van der Waals surface area contributed by atoms with E-state index in [-0.39, 0.29) is 36.4 Å². The zero-order valence-electron chi connectivity index (χ0n) is 30.3. The molecule has 4 atom stereocenters. The predicted molar refractivity (Wildman–Crippen MR) is 204 cm³/mol. The number of aliphatic hydroxyl groups is 2. The highest BCUT2D eigenvalue weighted by Crippen LogP contribution is 2.38. The number of benzene rings is 4. The lowest BCUT2D eigenvalue weighted by Gasteiger charge is -2.38. The Morgan fingerprint density at radius 2 is 1.53 bits per heavy atom. The molecule has 1 aliphatic heterocycles. The SMILES string of the molecule is CN(CC1CC(c2ccc(CO)cc2)OC(c2ccc(CNC(=O)CCCCCCC(=O)Nc3ccccc3N)cc2)O1)CC(O)c1cccc(O)c1. The number of para-hydroxylation sites is 2. The molecule has 2 amide bonds. The number of nitrogen functional groups attached to an aromatic ring is 1. The van der Waals surface area contributed by atoms with Crippen LogP contribution in [-0.4, -0.2) is 58.3 Å². The van der Waals surface area contributed by atoms with Gasteiger partial charge in [0.2, 0.25) is 11.8 Å². The number of likely N-dealkylation sites (N-methyl/N-ethyl adjacent to an activating group) is 1. The minimum absolute atomic E-state index is 0.0125. The van der Waals surface area contributed by atoms with E-state index < -0.39 is 12.4 Å². The number of hydrogen-bond acceptors (Lipinski definition) is 9. The molecule has 1 aliphatic rings. The number of ether oxygens (including phenoxy) is 2. The van der Waals surface area contributed by atoms with Gasteiger partial charge in [-0.3, -0.25) is 9.59 Å². The Labute approximate surface area is 311 Å². The van der Waals surface area contributed by atoms with Crippen molar-refractivity contribution in [2.45, 2.75) is 82.7 Å². The van der Waals surface area contributed by atoms with Gasteiger partial charge in [0.15, 0.2) is 6.29 Å². The second-order valence-corrected chi connectivity index (χ2v) is 13.8. The molecule has 53 heavy (non-hydrogen) atoms. The number of phenols is 1. The molecule has 4 unspecified atom stereocenters. The van der Waals surface area contributed by atoms with Crippen LogP contribution < -0.4 is 16.4 Å². The van der Waals surface area contributed by atoms with E-state index in [0.717, 1.165) is 47.9 Å². The molecule has 7 N–H and O–H groups in total. The van der Waals surface area contributed by atoms with E-state index in [2.05, 4.69) is 10.6 Å². The molecule has 0 spiro atoms. The summed E-state index contributed by atoms with van der Waals surface area (Å²) in [5, 5.41) is 36.0. The lowest BCUT2D eigenvalue weighted by atomic mass is 9.99. The van der Waals surface area contributed by atoms with Crippen molar-refractivity contribution < 1.29 is 34.4 Å². The summed E-state index contributed by atoms with van der Waals surface area (Å²) < 4.78 is 13.0. The second kappa shape index (κ2) is 19.9. The van der Waals surface area contributed by atoms with Gasteiger partial charge in [-0.15, -0.1) is 0 Å². The number of nitrogens with two attached hydrogens (primary N) is 1. The molecule has 0 aliphatic carbocycles. The first-order valence-electron chi connectivity index (χ1n) is 18.3. The van der Waals surface area contributed by atoms with E-state index in [1.54, 1.807) is 36.4 Å². The first kappa shape index (κ1) is 39.4. The third-order valence-electron chi connectivity index (χ3n) is 9.40. The van der Waals surface area contributed by atoms with Crippen LogP contribution in [-0.2, 0) is 32.2 Å². The van der Waals surface area contributed by atoms with Crippen molar-refractivity contribution >= 4 is 23.2 Å². The van der Waals surface area contributed by atoms with E-state index in [1.807, 2.05) is 72.6 Å². The molecule has 0 aromatic heterocycles. The Kier molecular flexibility index (Phi) is 14.8. The maximum Gasteiger partial charge on any atom is 0.224 e. The van der Waals surface area contributed by atoms with Crippen LogP contribution in [0, 0.1) is 0 Å². The molecule has 0 saturated carbocycles. The summed E-state index contributed by atoms with van der Waals surface area (Å²) in [7, 11) is 1.93. The molecule has 1 fully saturated rings. The van der Waals surface area contributed by atoms with Gasteiger partial charge in [0, 0.05) is 44.5 Å². The fraction of sp³-hybridized carbons (Fsp3) is 0.381. The van der Waals surface area contributed by atoms with Crippen molar-refractivity contribution in [3.63, 3.8) is 0 Å². The first-order valence-corrected chi connectivity index (χ1v) is 18.3. The van der Waals surface area contributed by atoms with Crippen molar-refractivity contribution in [2.24, 2.45) is 0 Å². The minimum atomic E-state index is -0.774. The van der Waals surface area contributed by atoms with E-state index in [9.17, 15) is 24.9 Å². The van der Waals surface area contributed by atoms with Gasteiger partial charge >= 0.3 is 0 Å². The number of anilines is 2. The van der Waals surface area contributed by atoms with Gasteiger partial charge in [-0.1, -0.05) is 85.6 Å². The maximum absolute atomic E-state index is 12.5. The van der Waals surface area contributed by atoms with Gasteiger partial charge in [-0.25, -0.2) is 0 Å². The molecule has 1 saturated heterocycles. The molecule has 11 heteroatoms. The van der Waals surface area contributed by atoms with Crippen molar-refractivity contribution in [3.05, 3.63) is 125 Å². The molecule has 4 aromatic carbocycles. The third-order valence-corrected chi connectivity index (χ3v) is 9.40. The molecular formula is C42H52N4O7. The lowest BCUT2D eigenvalue weighted by molar-refractivity contribution is -0.252. The first-order chi connectivity index (χ1) is 25.7. The second-order valence-electron chi connectivity index (χ2n) is 13.8. The maximum atomic E-state index is 12.5. The van der Waals surface area contributed by atoms with Gasteiger partial charge in [0.05, 0.1) is 36.3 Å². The average Bonchev–Trinajstić information content (AvgIpc) is 3.16. The highest BCUT2D eigenvalue weighted by Gasteiger charge is 2.33. The average molecular weight is 725 g/mol. The van der Waals surface area contributed by atoms with Crippen LogP contribution in [0.2, 0.25) is 0 Å². The van der Waals surface area contributed by atoms with Gasteiger partial charge in [-0.05, 0) is 66.4 Å². The standard InChI is InChI=1S/C42H52N4O7/c1-46(27-38(49)33-9-8-10-34(48)23-33)26-35-24-39(31-19-17-30(28-47)18-20-31)53-42(52-35)32-21-15-29(16-22-32)25-44-40(50)13-4-2-3-5-14-41(51)45-37-12-7-6-11-36(37)43/h6-12,15-23,35,38-39,42,47-49H,2-5,13-14,24-28,43H2,1H3,(H,44,50)(H,45,51). The number of nitrogens with one attached hydrogen (secondary N) is 2. The number of aromatic hydroxyl groups is 1. The van der Waals surface area contributed by atoms with Crippen LogP contribution in [0.25, 0.3) is 0 Å². The Morgan fingerprint density at radius 3 is 2.23 bits per heavy atom. The zero-order valence-corrected chi connectivity index (χ0v) is 30.3. The fourth-order valence-electron chi connectivity index (χ4n) is 6.42. The van der Waals surface area contributed by atoms with Crippen molar-refractivity contribution in [3.8, 4) is 5.75 Å². The molecule has 0 bridgehead atoms. The Bertz CT molecular complexity index is 1750. The molecule has 4 aromatic rings. The molecule has 0 radical (unpaired) electrons. The minimum Gasteiger partial charge on any atom is -0.508 e. The van der Waals surface area contributed by atoms with Crippen molar-refractivity contribution in [1.82, 2.24) is 10.2 Å². The fourth-order valence-corrected chi connectivity index (χ4v) is 6.42. The zero-order chi connectivity index (χ0) is 37.6. The van der Waals surface area contributed by atoms with E-state index >= 15 is 0 Å². The van der Waals surface area contributed by atoms with Crippen molar-refractivity contribution in [1.29, 1.82) is 0 Å². The summed E-state index contributed by atoms with van der Waals surface area (Å²) in [6.45, 7) is 1.27. The Morgan fingerprint density at radius 1 is 0.849 bits per heavy atom. The topological polar surface area (TPSA) is 167 Å². The Balaban J connectivity index is 1.08. The number of carbonyl (C=O) groups is 2. The van der Waals surface area contributed by atoms with Gasteiger partial charge < -0.3 is 46.1 Å². The van der Waals surface area contributed by atoms with Gasteiger partial charge in [-0.2, -0.15) is 0 Å². The van der Waals surface area contributed by atoms with E-state index in [0.29, 0.717) is 55.8 Å². The normalized spacial score (nSPS) is 17.7. The highest BCUT2D eigenvalue weighted by atomic mass is 16.7. The van der Waals surface area contributed by atoms with Crippen LogP contribution in [0.15, 0.2) is 97.1 Å². The molecule has 5 rings (SSSR count). The molecule has 1 heterocycles. The summed E-state index contributed by atoms with van der Waals surface area (Å²) in [5.74, 6) is 0.0370. The number of aliphatic hydroxyl groups excluding tert-OH is 2. The van der Waals surface area contributed by atoms with Gasteiger partial charge in [0.1, 0.15) is 5.75 Å². The number of carbonyl (C=O) groups excluding carboxylic acids is 2. The van der Waals surface area contributed by atoms with Crippen LogP contribution in [0.4, 0.5) is 11.4 Å². The summed E-state index contributed by atoms with van der Waals surface area (Å²) in [4.78, 5) is 26.7. The number of phenolic OH excluding ortho intramolecular Hbond substituents is 1. The van der Waals surface area contributed by atoms with Crippen LogP contribution in [0.5, 0.6) is 5.75 Å². The van der Waals surface area contributed by atoms with E-state index in [1.165, 1.54) is 0 Å². The number of unbranched alkanes of at least 4 members (excludes halogenated alkanes) is 3. The molecule has 11 nitrogen and oxygen atoms in total. The summed E-state index contributed by atoms with van der Waals surface area (Å²) in [6, 6.07) is 29.4. The highest BCUT2D eigenvalue weighted by molar-refractivity contribution is 5.93. The lowest BCUT2D eigenvalue weighted by Crippen LogP contribution is -2.39. The summed E-state index contributed by atoms with van der Waals surface area (Å²) >= 11 is 0. The summed E-state index contributed by atoms with van der Waals surface area (Å²) in [6.07, 6.45) is 2.81. The predicted octanol–water partition coefficient (Wildman–Crippen LogP) is 6.27. The smallest absolute Gasteiger partial charge is 0.224 e. The number of hydrogen-bond donors (Lipinski definition) is 6. The quantitative estimate of drug-likeness (QED) is 0.0512. The number of nitrogens with zero attached hydrogens (tertiary/aromatic N) is 1. The molecule has 282 valence electrons. The Hall–Kier alpha value is -4.78. The number of rotatable bonds is 18. The largest absolute Gasteiger partial charge is 0.508 e. The van der Waals surface area contributed by atoms with Crippen LogP contribution >= 0.6 is 0 Å². The number of amides is 2.